The molecule has 2 aromatic carbocycles. The molecule has 160 valence electrons. The highest BCUT2D eigenvalue weighted by atomic mass is 35.5. The third kappa shape index (κ3) is 3.99. The Morgan fingerprint density at radius 3 is 2.58 bits per heavy atom. The number of hydrogen-bond donors (Lipinski definition) is 2. The molecular formula is C22H20Cl2N4O3. The smallest absolute Gasteiger partial charge is 0.220 e. The van der Waals surface area contributed by atoms with Crippen LogP contribution < -0.4 is 26.1 Å². The van der Waals surface area contributed by atoms with Crippen molar-refractivity contribution >= 4 is 57.6 Å². The lowest BCUT2D eigenvalue weighted by molar-refractivity contribution is 0.482. The molecule has 3 heterocycles. The maximum Gasteiger partial charge on any atom is 0.220 e. The van der Waals surface area contributed by atoms with E-state index >= 15 is 0 Å². The number of benzene rings is 2. The predicted molar refractivity (Wildman–Crippen MR) is 126 cm³/mol. The van der Waals surface area contributed by atoms with E-state index in [4.69, 9.17) is 26.5 Å². The SMILES string of the molecule is Cl.Nc1nc2c(=O)c3c(Cl)cccc3oc2cc1Oc1ccc(N2CCNCC2)cc1. The Morgan fingerprint density at radius 2 is 1.84 bits per heavy atom. The van der Waals surface area contributed by atoms with E-state index in [0.29, 0.717) is 22.1 Å². The Hall–Kier alpha value is -3.00. The standard InChI is InChI=1S/C22H19ClN4O3.ClH/c23-15-2-1-3-16-19(15)21(28)20-17(30-16)12-18(22(24)26-20)29-14-6-4-13(5-7-14)27-10-8-25-9-11-27;/h1-7,12,25H,8-11H2,(H2,24,26);1H. The molecular weight excluding hydrogens is 439 g/mol. The summed E-state index contributed by atoms with van der Waals surface area (Å²) in [6.07, 6.45) is 0. The van der Waals surface area contributed by atoms with Crippen LogP contribution in [0.15, 0.2) is 57.7 Å². The van der Waals surface area contributed by atoms with Crippen molar-refractivity contribution in [2.75, 3.05) is 36.8 Å². The lowest BCUT2D eigenvalue weighted by Crippen LogP contribution is -2.43. The number of nitrogens with two attached hydrogens (primary N) is 1. The molecule has 0 radical (unpaired) electrons. The molecule has 0 saturated carbocycles. The maximum atomic E-state index is 12.8. The molecule has 0 aliphatic carbocycles. The Bertz CT molecular complexity index is 1300. The first-order valence-corrected chi connectivity index (χ1v) is 10.0. The van der Waals surface area contributed by atoms with Crippen molar-refractivity contribution in [3.05, 3.63) is 63.8 Å². The molecule has 9 heteroatoms. The van der Waals surface area contributed by atoms with Crippen LogP contribution in [0, 0.1) is 0 Å². The lowest BCUT2D eigenvalue weighted by Gasteiger charge is -2.29. The summed E-state index contributed by atoms with van der Waals surface area (Å²) >= 11 is 6.16. The summed E-state index contributed by atoms with van der Waals surface area (Å²) in [6.45, 7) is 3.89. The van der Waals surface area contributed by atoms with Gasteiger partial charge in [0.25, 0.3) is 0 Å². The molecule has 1 aliphatic rings. The van der Waals surface area contributed by atoms with Crippen LogP contribution in [0.4, 0.5) is 11.5 Å². The third-order valence-corrected chi connectivity index (χ3v) is 5.48. The fraction of sp³-hybridized carbons (Fsp3) is 0.182. The molecule has 31 heavy (non-hydrogen) atoms. The number of hydrogen-bond acceptors (Lipinski definition) is 7. The zero-order valence-corrected chi connectivity index (χ0v) is 18.0. The minimum atomic E-state index is -0.324. The summed E-state index contributed by atoms with van der Waals surface area (Å²) in [5.41, 5.74) is 7.68. The van der Waals surface area contributed by atoms with Gasteiger partial charge in [0.15, 0.2) is 22.7 Å². The molecule has 7 nitrogen and oxygen atoms in total. The molecule has 2 aromatic heterocycles. The van der Waals surface area contributed by atoms with Crippen LogP contribution in [0.1, 0.15) is 0 Å². The van der Waals surface area contributed by atoms with Crippen molar-refractivity contribution in [2.24, 2.45) is 0 Å². The van der Waals surface area contributed by atoms with E-state index in [9.17, 15) is 4.79 Å². The number of halogens is 2. The van der Waals surface area contributed by atoms with Crippen LogP contribution in [0.3, 0.4) is 0 Å². The average molecular weight is 459 g/mol. The maximum absolute atomic E-state index is 12.8. The highest BCUT2D eigenvalue weighted by Gasteiger charge is 2.16. The Kier molecular flexibility index (Phi) is 5.91. The average Bonchev–Trinajstić information content (AvgIpc) is 2.76. The highest BCUT2D eigenvalue weighted by Crippen LogP contribution is 2.32. The van der Waals surface area contributed by atoms with Crippen molar-refractivity contribution in [3.8, 4) is 11.5 Å². The molecule has 0 spiro atoms. The van der Waals surface area contributed by atoms with E-state index in [1.54, 1.807) is 24.3 Å². The van der Waals surface area contributed by atoms with E-state index in [0.717, 1.165) is 31.9 Å². The van der Waals surface area contributed by atoms with Gasteiger partial charge in [-0.2, -0.15) is 0 Å². The highest BCUT2D eigenvalue weighted by molar-refractivity contribution is 6.35. The first-order valence-electron chi connectivity index (χ1n) is 9.65. The minimum Gasteiger partial charge on any atom is -0.454 e. The third-order valence-electron chi connectivity index (χ3n) is 5.16. The molecule has 3 N–H and O–H groups in total. The van der Waals surface area contributed by atoms with Gasteiger partial charge in [-0.3, -0.25) is 4.79 Å². The van der Waals surface area contributed by atoms with Crippen molar-refractivity contribution in [3.63, 3.8) is 0 Å². The van der Waals surface area contributed by atoms with Crippen LogP contribution in [0.5, 0.6) is 11.5 Å². The van der Waals surface area contributed by atoms with Gasteiger partial charge in [-0.15, -0.1) is 12.4 Å². The van der Waals surface area contributed by atoms with Gasteiger partial charge >= 0.3 is 0 Å². The summed E-state index contributed by atoms with van der Waals surface area (Å²) in [7, 11) is 0. The van der Waals surface area contributed by atoms with Gasteiger partial charge < -0.3 is 25.1 Å². The van der Waals surface area contributed by atoms with Crippen molar-refractivity contribution in [1.29, 1.82) is 0 Å². The quantitative estimate of drug-likeness (QED) is 0.444. The van der Waals surface area contributed by atoms with Crippen molar-refractivity contribution in [2.45, 2.75) is 0 Å². The number of fused-ring (bicyclic) bond motifs is 2. The van der Waals surface area contributed by atoms with Gasteiger partial charge in [0.1, 0.15) is 11.3 Å². The summed E-state index contributed by atoms with van der Waals surface area (Å²) in [4.78, 5) is 19.3. The number of pyridine rings is 1. The second kappa shape index (κ2) is 8.63. The van der Waals surface area contributed by atoms with Crippen LogP contribution in [-0.4, -0.2) is 31.2 Å². The molecule has 0 unspecified atom stereocenters. The monoisotopic (exact) mass is 458 g/mol. The lowest BCUT2D eigenvalue weighted by atomic mass is 10.2. The van der Waals surface area contributed by atoms with Gasteiger partial charge in [-0.1, -0.05) is 17.7 Å². The molecule has 4 aromatic rings. The fourth-order valence-corrected chi connectivity index (χ4v) is 3.89. The Balaban J connectivity index is 0.00000231. The number of ether oxygens (including phenoxy) is 1. The van der Waals surface area contributed by atoms with Gasteiger partial charge in [-0.25, -0.2) is 4.98 Å². The van der Waals surface area contributed by atoms with E-state index in [-0.39, 0.29) is 40.1 Å². The first kappa shape index (κ1) is 21.2. The van der Waals surface area contributed by atoms with Crippen LogP contribution >= 0.6 is 24.0 Å². The van der Waals surface area contributed by atoms with Crippen LogP contribution in [0.25, 0.3) is 22.1 Å². The second-order valence-corrected chi connectivity index (χ2v) is 7.50. The molecule has 1 aliphatic heterocycles. The normalized spacial score (nSPS) is 13.9. The van der Waals surface area contributed by atoms with Crippen LogP contribution in [-0.2, 0) is 0 Å². The molecule has 0 amide bonds. The summed E-state index contributed by atoms with van der Waals surface area (Å²) in [5.74, 6) is 1.04. The fourth-order valence-electron chi connectivity index (χ4n) is 3.64. The molecule has 1 saturated heterocycles. The molecule has 0 atom stereocenters. The number of nitrogen functional groups attached to an aromatic ring is 1. The topological polar surface area (TPSA) is 93.6 Å². The predicted octanol–water partition coefficient (Wildman–Crippen LogP) is 4.20. The van der Waals surface area contributed by atoms with Crippen molar-refractivity contribution < 1.29 is 9.15 Å². The molecule has 1 fully saturated rings. The number of nitrogens with one attached hydrogen (secondary N) is 1. The van der Waals surface area contributed by atoms with E-state index in [2.05, 4.69) is 15.2 Å². The summed E-state index contributed by atoms with van der Waals surface area (Å²) in [6, 6.07) is 14.4. The summed E-state index contributed by atoms with van der Waals surface area (Å²) in [5, 5.41) is 3.94. The number of nitrogens with zero attached hydrogens (tertiary/aromatic N) is 2. The zero-order chi connectivity index (χ0) is 20.7. The molecule has 5 rings (SSSR count). The van der Waals surface area contributed by atoms with Gasteiger partial charge in [0, 0.05) is 37.9 Å². The van der Waals surface area contributed by atoms with E-state index in [1.807, 2.05) is 24.3 Å². The largest absolute Gasteiger partial charge is 0.454 e. The number of aromatic nitrogens is 1. The van der Waals surface area contributed by atoms with Crippen LogP contribution in [0.2, 0.25) is 5.02 Å². The van der Waals surface area contributed by atoms with Crippen molar-refractivity contribution in [1.82, 2.24) is 10.3 Å². The Morgan fingerprint density at radius 1 is 1.10 bits per heavy atom. The van der Waals surface area contributed by atoms with E-state index in [1.165, 1.54) is 0 Å². The van der Waals surface area contributed by atoms with E-state index < -0.39 is 0 Å². The van der Waals surface area contributed by atoms with Gasteiger partial charge in [0.05, 0.1) is 10.4 Å². The first-order chi connectivity index (χ1) is 14.6. The summed E-state index contributed by atoms with van der Waals surface area (Å²) < 4.78 is 11.8. The second-order valence-electron chi connectivity index (χ2n) is 7.10. The van der Waals surface area contributed by atoms with Gasteiger partial charge in [0.2, 0.25) is 5.43 Å². The molecule has 0 bridgehead atoms. The van der Waals surface area contributed by atoms with Gasteiger partial charge in [-0.05, 0) is 36.4 Å². The number of rotatable bonds is 3. The number of piperazine rings is 1. The number of anilines is 2. The zero-order valence-electron chi connectivity index (χ0n) is 16.4. The minimum absolute atomic E-state index is 0. The Labute approximate surface area is 189 Å².